The van der Waals surface area contributed by atoms with E-state index in [1.807, 2.05) is 42.5 Å². The number of carboxylic acid groups (broad SMARTS) is 1. The molecular weight excluding hydrogens is 354 g/mol. The zero-order chi connectivity index (χ0) is 21.5. The minimum Gasteiger partial charge on any atom is -0.483 e. The molecule has 0 radical (unpaired) electrons. The number of rotatable bonds is 9. The molecule has 158 valence electrons. The van der Waals surface area contributed by atoms with Crippen LogP contribution >= 0.6 is 0 Å². The number of nitrogens with two attached hydrogens (primary N) is 1. The standard InChI is InChI=1S/C9H13NO.C7H16O.C6H6.CH2O2/c1-7(9(10)11)3-2-4-8-5-6-8;1-3-5-7-8-6-4-2;1-2-4-6-5-3-1;2-1-3/h2-3,8H,1,4-6H2,(H2,10,11);3-7H2,1-2H3;1-6H;1H,(H,2,3)/b3-2+;;;. The smallest absolute Gasteiger partial charge is 0.290 e. The van der Waals surface area contributed by atoms with Crippen LogP contribution in [-0.4, -0.2) is 30.7 Å². The number of carbonyl (C=O) groups excluding carboxylic acids is 1. The van der Waals surface area contributed by atoms with Gasteiger partial charge in [0.05, 0.1) is 0 Å². The van der Waals surface area contributed by atoms with E-state index in [1.165, 1.54) is 25.7 Å². The van der Waals surface area contributed by atoms with Crippen LogP contribution in [0.3, 0.4) is 0 Å². The molecule has 1 aromatic carbocycles. The van der Waals surface area contributed by atoms with Gasteiger partial charge in [-0.3, -0.25) is 9.59 Å². The quantitative estimate of drug-likeness (QED) is 0.269. The summed E-state index contributed by atoms with van der Waals surface area (Å²) in [6.45, 7) is 9.45. The van der Waals surface area contributed by atoms with Gasteiger partial charge >= 0.3 is 0 Å². The van der Waals surface area contributed by atoms with E-state index in [4.69, 9.17) is 20.4 Å². The molecule has 1 saturated carbocycles. The molecule has 0 unspecified atom stereocenters. The van der Waals surface area contributed by atoms with Crippen LogP contribution in [0.15, 0.2) is 60.7 Å². The van der Waals surface area contributed by atoms with Crippen LogP contribution in [0.2, 0.25) is 0 Å². The van der Waals surface area contributed by atoms with Crippen molar-refractivity contribution in [3.63, 3.8) is 0 Å². The molecule has 0 bridgehead atoms. The molecule has 2 rings (SSSR count). The Morgan fingerprint density at radius 1 is 1.11 bits per heavy atom. The first-order chi connectivity index (χ1) is 13.5. The van der Waals surface area contributed by atoms with Gasteiger partial charge in [0.15, 0.2) is 0 Å². The molecule has 0 saturated heterocycles. The van der Waals surface area contributed by atoms with Gasteiger partial charge in [0.2, 0.25) is 5.91 Å². The number of unbranched alkanes of at least 4 members (excludes halogenated alkanes) is 1. The highest BCUT2D eigenvalue weighted by Gasteiger charge is 2.18. The molecule has 1 amide bonds. The lowest BCUT2D eigenvalue weighted by molar-refractivity contribution is -0.123. The van der Waals surface area contributed by atoms with Crippen LogP contribution in [0.1, 0.15) is 52.4 Å². The summed E-state index contributed by atoms with van der Waals surface area (Å²) in [5.41, 5.74) is 5.37. The molecule has 1 fully saturated rings. The number of amides is 1. The lowest BCUT2D eigenvalue weighted by atomic mass is 10.2. The highest BCUT2D eigenvalue weighted by atomic mass is 16.5. The van der Waals surface area contributed by atoms with Crippen LogP contribution in [0.5, 0.6) is 0 Å². The predicted octanol–water partition coefficient (Wildman–Crippen LogP) is 4.98. The van der Waals surface area contributed by atoms with E-state index < -0.39 is 5.91 Å². The fourth-order valence-electron chi connectivity index (χ4n) is 1.72. The average Bonchev–Trinajstić information content (AvgIpc) is 3.53. The fraction of sp³-hybridized carbons (Fsp3) is 0.478. The fourth-order valence-corrected chi connectivity index (χ4v) is 1.72. The Bertz CT molecular complexity index is 478. The maximum Gasteiger partial charge on any atom is 0.290 e. The van der Waals surface area contributed by atoms with Gasteiger partial charge in [-0.1, -0.05) is 75.4 Å². The lowest BCUT2D eigenvalue weighted by Crippen LogP contribution is -2.11. The van der Waals surface area contributed by atoms with Gasteiger partial charge < -0.3 is 15.6 Å². The second-order valence-corrected chi connectivity index (χ2v) is 6.20. The van der Waals surface area contributed by atoms with Gasteiger partial charge in [-0.05, 0) is 38.0 Å². The summed E-state index contributed by atoms with van der Waals surface area (Å²) < 4.78 is 5.22. The molecule has 0 heterocycles. The Kier molecular flexibility index (Phi) is 22.5. The van der Waals surface area contributed by atoms with Crippen molar-refractivity contribution in [3.05, 3.63) is 60.7 Å². The normalized spacial score (nSPS) is 11.6. The average molecular weight is 392 g/mol. The monoisotopic (exact) mass is 391 g/mol. The van der Waals surface area contributed by atoms with E-state index in [1.54, 1.807) is 6.08 Å². The van der Waals surface area contributed by atoms with Crippen LogP contribution in [0.4, 0.5) is 0 Å². The SMILES string of the molecule is C=C(/C=C/CC1CC1)C(N)=O.CCCCOCCC.O=CO.c1ccccc1. The van der Waals surface area contributed by atoms with Gasteiger partial charge in [0.1, 0.15) is 0 Å². The number of benzene rings is 1. The first kappa shape index (κ1) is 27.8. The number of hydrogen-bond donors (Lipinski definition) is 2. The van der Waals surface area contributed by atoms with E-state index in [0.29, 0.717) is 5.57 Å². The third-order valence-electron chi connectivity index (χ3n) is 3.46. The molecule has 1 aromatic rings. The van der Waals surface area contributed by atoms with Gasteiger partial charge in [-0.15, -0.1) is 0 Å². The first-order valence-electron chi connectivity index (χ1n) is 9.84. The van der Waals surface area contributed by atoms with Crippen molar-refractivity contribution in [2.24, 2.45) is 11.7 Å². The predicted molar refractivity (Wildman–Crippen MR) is 116 cm³/mol. The molecule has 5 heteroatoms. The van der Waals surface area contributed by atoms with Gasteiger partial charge in [0.25, 0.3) is 6.47 Å². The number of primary amides is 1. The summed E-state index contributed by atoms with van der Waals surface area (Å²) in [4.78, 5) is 18.8. The second kappa shape index (κ2) is 22.6. The largest absolute Gasteiger partial charge is 0.483 e. The second-order valence-electron chi connectivity index (χ2n) is 6.20. The topological polar surface area (TPSA) is 89.6 Å². The lowest BCUT2D eigenvalue weighted by Gasteiger charge is -1.97. The highest BCUT2D eigenvalue weighted by Crippen LogP contribution is 2.32. The van der Waals surface area contributed by atoms with Crippen LogP contribution in [-0.2, 0) is 14.3 Å². The molecule has 28 heavy (non-hydrogen) atoms. The zero-order valence-corrected chi connectivity index (χ0v) is 17.4. The number of hydrogen-bond acceptors (Lipinski definition) is 3. The Hall–Kier alpha value is -2.40. The van der Waals surface area contributed by atoms with Crippen LogP contribution in [0.25, 0.3) is 0 Å². The van der Waals surface area contributed by atoms with Gasteiger partial charge in [-0.2, -0.15) is 0 Å². The summed E-state index contributed by atoms with van der Waals surface area (Å²) in [6, 6.07) is 12.0. The van der Waals surface area contributed by atoms with E-state index in [9.17, 15) is 4.79 Å². The first-order valence-corrected chi connectivity index (χ1v) is 9.84. The maximum atomic E-state index is 10.5. The van der Waals surface area contributed by atoms with Crippen LogP contribution in [0, 0.1) is 5.92 Å². The van der Waals surface area contributed by atoms with E-state index in [0.717, 1.165) is 32.0 Å². The molecule has 0 spiro atoms. The Balaban J connectivity index is 0. The van der Waals surface area contributed by atoms with E-state index in [-0.39, 0.29) is 6.47 Å². The summed E-state index contributed by atoms with van der Waals surface area (Å²) in [6.07, 6.45) is 11.0. The molecule has 1 aliphatic rings. The van der Waals surface area contributed by atoms with Crippen molar-refractivity contribution in [2.75, 3.05) is 13.2 Å². The Morgan fingerprint density at radius 2 is 1.61 bits per heavy atom. The minimum absolute atomic E-state index is 0.250. The number of allylic oxidation sites excluding steroid dienone is 1. The molecule has 1 aliphatic carbocycles. The summed E-state index contributed by atoms with van der Waals surface area (Å²) in [5, 5.41) is 6.89. The van der Waals surface area contributed by atoms with E-state index in [2.05, 4.69) is 20.4 Å². The van der Waals surface area contributed by atoms with Crippen molar-refractivity contribution in [1.29, 1.82) is 0 Å². The number of carbonyl (C=O) groups is 2. The van der Waals surface area contributed by atoms with Crippen molar-refractivity contribution in [2.45, 2.75) is 52.4 Å². The van der Waals surface area contributed by atoms with Crippen molar-refractivity contribution < 1.29 is 19.4 Å². The highest BCUT2D eigenvalue weighted by molar-refractivity contribution is 5.93. The minimum atomic E-state index is -0.433. The van der Waals surface area contributed by atoms with Gasteiger partial charge in [-0.25, -0.2) is 0 Å². The summed E-state index contributed by atoms with van der Waals surface area (Å²) >= 11 is 0. The van der Waals surface area contributed by atoms with Crippen molar-refractivity contribution in [3.8, 4) is 0 Å². The zero-order valence-electron chi connectivity index (χ0n) is 17.4. The molecule has 3 N–H and O–H groups in total. The van der Waals surface area contributed by atoms with Gasteiger partial charge in [0, 0.05) is 18.8 Å². The molecule has 0 aromatic heterocycles. The third-order valence-corrected chi connectivity index (χ3v) is 3.46. The third kappa shape index (κ3) is 25.8. The maximum absolute atomic E-state index is 10.5. The Morgan fingerprint density at radius 3 is 1.96 bits per heavy atom. The molecule has 0 atom stereocenters. The summed E-state index contributed by atoms with van der Waals surface area (Å²) in [5.74, 6) is 0.420. The number of ether oxygens (including phenoxy) is 1. The van der Waals surface area contributed by atoms with Crippen molar-refractivity contribution >= 4 is 12.4 Å². The summed E-state index contributed by atoms with van der Waals surface area (Å²) in [7, 11) is 0. The van der Waals surface area contributed by atoms with Crippen molar-refractivity contribution in [1.82, 2.24) is 0 Å². The molecule has 0 aliphatic heterocycles. The van der Waals surface area contributed by atoms with Crippen LogP contribution < -0.4 is 5.73 Å². The molecular formula is C23H37NO4. The molecule has 5 nitrogen and oxygen atoms in total. The van der Waals surface area contributed by atoms with E-state index >= 15 is 0 Å². The Labute approximate surface area is 170 Å².